The van der Waals surface area contributed by atoms with Crippen molar-refractivity contribution in [2.45, 2.75) is 43.4 Å². The summed E-state index contributed by atoms with van der Waals surface area (Å²) in [7, 11) is 0. The number of aliphatic hydroxyl groups is 1. The molecule has 4 heteroatoms. The zero-order chi connectivity index (χ0) is 13.7. The van der Waals surface area contributed by atoms with Crippen molar-refractivity contribution in [3.05, 3.63) is 42.0 Å². The van der Waals surface area contributed by atoms with E-state index in [0.29, 0.717) is 0 Å². The van der Waals surface area contributed by atoms with Crippen LogP contribution in [0.3, 0.4) is 0 Å². The maximum absolute atomic E-state index is 10.6. The Kier molecular flexibility index (Phi) is 3.60. The highest BCUT2D eigenvalue weighted by molar-refractivity contribution is 5.90. The normalized spacial score (nSPS) is 26.2. The van der Waals surface area contributed by atoms with Gasteiger partial charge in [0, 0.05) is 10.9 Å². The molecule has 4 rings (SSSR count). The van der Waals surface area contributed by atoms with Gasteiger partial charge < -0.3 is 15.6 Å². The molecular formula is C17H20ClNO2. The summed E-state index contributed by atoms with van der Waals surface area (Å²) in [5, 5.41) is 12.8. The molecule has 21 heavy (non-hydrogen) atoms. The fourth-order valence-electron chi connectivity index (χ4n) is 3.77. The Labute approximate surface area is 130 Å². The summed E-state index contributed by atoms with van der Waals surface area (Å²) < 4.78 is 6.39. The Morgan fingerprint density at radius 1 is 1.10 bits per heavy atom. The van der Waals surface area contributed by atoms with Gasteiger partial charge in [-0.1, -0.05) is 36.4 Å². The molecule has 1 aliphatic heterocycles. The molecule has 2 atom stereocenters. The van der Waals surface area contributed by atoms with Crippen molar-refractivity contribution in [1.29, 1.82) is 0 Å². The van der Waals surface area contributed by atoms with Gasteiger partial charge in [0.05, 0.1) is 6.04 Å². The van der Waals surface area contributed by atoms with E-state index in [0.717, 1.165) is 47.8 Å². The third-order valence-electron chi connectivity index (χ3n) is 4.93. The first-order chi connectivity index (χ1) is 9.71. The minimum atomic E-state index is -0.638. The van der Waals surface area contributed by atoms with E-state index in [9.17, 15) is 5.11 Å². The van der Waals surface area contributed by atoms with Gasteiger partial charge >= 0.3 is 0 Å². The van der Waals surface area contributed by atoms with Crippen LogP contribution in [0.2, 0.25) is 0 Å². The van der Waals surface area contributed by atoms with Crippen LogP contribution in [0.25, 0.3) is 10.8 Å². The molecule has 0 aromatic heterocycles. The van der Waals surface area contributed by atoms with Gasteiger partial charge in [0.25, 0.3) is 0 Å². The molecule has 2 aromatic carbocycles. The molecule has 0 amide bonds. The predicted octanol–water partition coefficient (Wildman–Crippen LogP) is 3.33. The molecule has 0 radical (unpaired) electrons. The van der Waals surface area contributed by atoms with E-state index in [1.165, 1.54) is 0 Å². The predicted molar refractivity (Wildman–Crippen MR) is 86.0 cm³/mol. The molecule has 0 saturated heterocycles. The molecule has 1 heterocycles. The molecule has 0 bridgehead atoms. The molecule has 3 nitrogen and oxygen atoms in total. The maximum atomic E-state index is 10.6. The van der Waals surface area contributed by atoms with E-state index in [4.69, 9.17) is 10.5 Å². The lowest BCUT2D eigenvalue weighted by Gasteiger charge is -2.43. The van der Waals surface area contributed by atoms with Crippen LogP contribution >= 0.6 is 12.4 Å². The summed E-state index contributed by atoms with van der Waals surface area (Å²) in [6.45, 7) is 0. The number of rotatable bonds is 0. The van der Waals surface area contributed by atoms with Crippen molar-refractivity contribution < 1.29 is 9.84 Å². The van der Waals surface area contributed by atoms with Crippen LogP contribution in [0.1, 0.15) is 37.4 Å². The van der Waals surface area contributed by atoms with E-state index in [2.05, 4.69) is 12.1 Å². The van der Waals surface area contributed by atoms with Crippen LogP contribution in [0, 0.1) is 0 Å². The molecule has 1 spiro atoms. The highest BCUT2D eigenvalue weighted by Crippen LogP contribution is 2.48. The molecule has 1 saturated carbocycles. The molecule has 2 aliphatic rings. The lowest BCUT2D eigenvalue weighted by atomic mass is 9.82. The SMILES string of the molecule is Cl.NC1C(O)c2ccc3ccccc3c2OC12CCCC2. The average Bonchev–Trinajstić information content (AvgIpc) is 2.94. The van der Waals surface area contributed by atoms with Crippen LogP contribution in [0.4, 0.5) is 0 Å². The first kappa shape index (κ1) is 14.6. The van der Waals surface area contributed by atoms with E-state index >= 15 is 0 Å². The number of hydrogen-bond acceptors (Lipinski definition) is 3. The van der Waals surface area contributed by atoms with Crippen LogP contribution in [-0.4, -0.2) is 16.7 Å². The number of ether oxygens (including phenoxy) is 1. The summed E-state index contributed by atoms with van der Waals surface area (Å²) in [5.74, 6) is 0.833. The quantitative estimate of drug-likeness (QED) is 0.785. The van der Waals surface area contributed by atoms with Gasteiger partial charge in [-0.25, -0.2) is 0 Å². The van der Waals surface area contributed by atoms with Gasteiger partial charge in [0.1, 0.15) is 17.5 Å². The van der Waals surface area contributed by atoms with Crippen molar-refractivity contribution in [3.8, 4) is 5.75 Å². The second kappa shape index (κ2) is 5.16. The fourth-order valence-corrected chi connectivity index (χ4v) is 3.77. The number of halogens is 1. The van der Waals surface area contributed by atoms with Crippen molar-refractivity contribution in [3.63, 3.8) is 0 Å². The van der Waals surface area contributed by atoms with Crippen molar-refractivity contribution in [2.24, 2.45) is 5.73 Å². The van der Waals surface area contributed by atoms with E-state index < -0.39 is 6.10 Å². The third-order valence-corrected chi connectivity index (χ3v) is 4.93. The summed E-state index contributed by atoms with van der Waals surface area (Å²) in [6.07, 6.45) is 3.49. The van der Waals surface area contributed by atoms with Gasteiger partial charge in [-0.15, -0.1) is 12.4 Å². The summed E-state index contributed by atoms with van der Waals surface area (Å²) >= 11 is 0. The van der Waals surface area contributed by atoms with Crippen molar-refractivity contribution in [1.82, 2.24) is 0 Å². The lowest BCUT2D eigenvalue weighted by molar-refractivity contribution is -0.0302. The summed E-state index contributed by atoms with van der Waals surface area (Å²) in [4.78, 5) is 0. The average molecular weight is 306 g/mol. The minimum Gasteiger partial charge on any atom is -0.485 e. The first-order valence-corrected chi connectivity index (χ1v) is 7.36. The lowest BCUT2D eigenvalue weighted by Crippen LogP contribution is -2.56. The number of fused-ring (bicyclic) bond motifs is 3. The molecule has 2 aromatic rings. The van der Waals surface area contributed by atoms with E-state index in [1.807, 2.05) is 24.3 Å². The zero-order valence-corrected chi connectivity index (χ0v) is 12.6. The highest BCUT2D eigenvalue weighted by atomic mass is 35.5. The summed E-state index contributed by atoms with van der Waals surface area (Å²) in [6, 6.07) is 11.8. The Hall–Kier alpha value is -1.29. The summed E-state index contributed by atoms with van der Waals surface area (Å²) in [5.41, 5.74) is 6.75. The fraction of sp³-hybridized carbons (Fsp3) is 0.412. The largest absolute Gasteiger partial charge is 0.485 e. The van der Waals surface area contributed by atoms with Crippen LogP contribution in [0.15, 0.2) is 36.4 Å². The number of nitrogens with two attached hydrogens (primary N) is 1. The highest BCUT2D eigenvalue weighted by Gasteiger charge is 2.49. The molecule has 2 unspecified atom stereocenters. The van der Waals surface area contributed by atoms with Crippen LogP contribution in [-0.2, 0) is 0 Å². The Bertz CT molecular complexity index is 667. The third kappa shape index (κ3) is 2.03. The van der Waals surface area contributed by atoms with Crippen LogP contribution < -0.4 is 10.5 Å². The zero-order valence-electron chi connectivity index (χ0n) is 11.8. The van der Waals surface area contributed by atoms with Crippen molar-refractivity contribution >= 4 is 23.2 Å². The van der Waals surface area contributed by atoms with Gasteiger partial charge in [0.2, 0.25) is 0 Å². The number of aliphatic hydroxyl groups excluding tert-OH is 1. The standard InChI is InChI=1S/C17H19NO2.ClH/c18-16-14(19)13-8-7-11-5-1-2-6-12(11)15(13)20-17(16)9-3-4-10-17;/h1-2,5-8,14,16,19H,3-4,9-10,18H2;1H. The van der Waals surface area contributed by atoms with E-state index in [-0.39, 0.29) is 24.0 Å². The smallest absolute Gasteiger partial charge is 0.133 e. The molecule has 112 valence electrons. The van der Waals surface area contributed by atoms with E-state index in [1.54, 1.807) is 0 Å². The Morgan fingerprint density at radius 2 is 1.81 bits per heavy atom. The molecule has 1 aliphatic carbocycles. The topological polar surface area (TPSA) is 55.5 Å². The van der Waals surface area contributed by atoms with Crippen LogP contribution in [0.5, 0.6) is 5.75 Å². The monoisotopic (exact) mass is 305 g/mol. The Morgan fingerprint density at radius 3 is 2.57 bits per heavy atom. The van der Waals surface area contributed by atoms with Gasteiger partial charge in [0.15, 0.2) is 0 Å². The van der Waals surface area contributed by atoms with Gasteiger partial charge in [-0.2, -0.15) is 0 Å². The number of benzene rings is 2. The minimum absolute atomic E-state index is 0. The molecule has 3 N–H and O–H groups in total. The second-order valence-corrected chi connectivity index (χ2v) is 6.05. The molecule has 1 fully saturated rings. The van der Waals surface area contributed by atoms with Gasteiger partial charge in [-0.05, 0) is 31.1 Å². The van der Waals surface area contributed by atoms with Crippen molar-refractivity contribution in [2.75, 3.05) is 0 Å². The number of hydrogen-bond donors (Lipinski definition) is 2. The Balaban J connectivity index is 0.00000132. The second-order valence-electron chi connectivity index (χ2n) is 6.05. The first-order valence-electron chi connectivity index (χ1n) is 7.36. The maximum Gasteiger partial charge on any atom is 0.133 e. The molecular weight excluding hydrogens is 286 g/mol. The van der Waals surface area contributed by atoms with Gasteiger partial charge in [-0.3, -0.25) is 0 Å².